The summed E-state index contributed by atoms with van der Waals surface area (Å²) in [5, 5.41) is 0. The van der Waals surface area contributed by atoms with Gasteiger partial charge in [0.1, 0.15) is 19.6 Å². The SMILES string of the molecule is CCCCCCCCC[N+](Cc1ccccc1)(Cc1ccccc1)Cc1ccccc1.[I-]. The molecule has 0 amide bonds. The molecule has 0 saturated heterocycles. The van der Waals surface area contributed by atoms with Crippen molar-refractivity contribution in [3.05, 3.63) is 108 Å². The molecule has 3 rings (SSSR count). The average Bonchev–Trinajstić information content (AvgIpc) is 2.80. The zero-order valence-electron chi connectivity index (χ0n) is 19.8. The van der Waals surface area contributed by atoms with E-state index in [1.807, 2.05) is 0 Å². The van der Waals surface area contributed by atoms with Crippen LogP contribution in [0.25, 0.3) is 0 Å². The predicted molar refractivity (Wildman–Crippen MR) is 134 cm³/mol. The Morgan fingerprint density at radius 2 is 0.812 bits per heavy atom. The van der Waals surface area contributed by atoms with Crippen LogP contribution in [0.15, 0.2) is 91.0 Å². The van der Waals surface area contributed by atoms with E-state index in [2.05, 4.69) is 97.9 Å². The molecule has 32 heavy (non-hydrogen) atoms. The highest BCUT2D eigenvalue weighted by Crippen LogP contribution is 2.25. The minimum Gasteiger partial charge on any atom is -1.00 e. The summed E-state index contributed by atoms with van der Waals surface area (Å²) < 4.78 is 1.09. The summed E-state index contributed by atoms with van der Waals surface area (Å²) in [5.41, 5.74) is 4.33. The molecule has 2 heteroatoms. The highest BCUT2D eigenvalue weighted by atomic mass is 127. The molecule has 1 nitrogen and oxygen atoms in total. The number of nitrogens with zero attached hydrogens (tertiary/aromatic N) is 1. The third-order valence-corrected chi connectivity index (χ3v) is 6.32. The molecule has 0 unspecified atom stereocenters. The fourth-order valence-electron chi connectivity index (χ4n) is 4.72. The first kappa shape index (κ1) is 26.6. The first-order valence-electron chi connectivity index (χ1n) is 12.3. The lowest BCUT2D eigenvalue weighted by Gasteiger charge is -2.39. The highest BCUT2D eigenvalue weighted by molar-refractivity contribution is 5.17. The van der Waals surface area contributed by atoms with Crippen molar-refractivity contribution in [2.75, 3.05) is 6.54 Å². The van der Waals surface area contributed by atoms with Crippen molar-refractivity contribution in [2.24, 2.45) is 0 Å². The van der Waals surface area contributed by atoms with E-state index >= 15 is 0 Å². The van der Waals surface area contributed by atoms with Gasteiger partial charge in [-0.25, -0.2) is 0 Å². The third kappa shape index (κ3) is 9.46. The summed E-state index contributed by atoms with van der Waals surface area (Å²) in [5.74, 6) is 0. The molecule has 0 aliphatic rings. The number of hydrogen-bond acceptors (Lipinski definition) is 0. The number of unbranched alkanes of at least 4 members (excludes halogenated alkanes) is 6. The molecule has 0 spiro atoms. The van der Waals surface area contributed by atoms with E-state index in [-0.39, 0.29) is 24.0 Å². The fraction of sp³-hybridized carbons (Fsp3) is 0.400. The Hall–Kier alpha value is -1.65. The molecule has 0 fully saturated rings. The summed E-state index contributed by atoms with van der Waals surface area (Å²) in [6.45, 7) is 6.77. The van der Waals surface area contributed by atoms with Crippen molar-refractivity contribution in [1.29, 1.82) is 0 Å². The van der Waals surface area contributed by atoms with Crippen LogP contribution in [0.3, 0.4) is 0 Å². The van der Waals surface area contributed by atoms with Gasteiger partial charge in [-0.3, -0.25) is 0 Å². The van der Waals surface area contributed by atoms with Crippen molar-refractivity contribution < 1.29 is 28.5 Å². The molecule has 172 valence electrons. The molecule has 3 aromatic rings. The Bertz CT molecular complexity index is 731. The van der Waals surface area contributed by atoms with Gasteiger partial charge in [-0.15, -0.1) is 0 Å². The maximum Gasteiger partial charge on any atom is 0.105 e. The zero-order chi connectivity index (χ0) is 21.6. The van der Waals surface area contributed by atoms with Gasteiger partial charge in [-0.05, 0) is 12.8 Å². The second-order valence-electron chi connectivity index (χ2n) is 9.12. The molecule has 0 aliphatic heterocycles. The van der Waals surface area contributed by atoms with E-state index in [1.54, 1.807) is 0 Å². The lowest BCUT2D eigenvalue weighted by Crippen LogP contribution is -3.00. The first-order chi connectivity index (χ1) is 15.3. The summed E-state index contributed by atoms with van der Waals surface area (Å²) in [6.07, 6.45) is 9.53. The Morgan fingerprint density at radius 3 is 1.19 bits per heavy atom. The van der Waals surface area contributed by atoms with Crippen LogP contribution < -0.4 is 24.0 Å². The van der Waals surface area contributed by atoms with Crippen LogP contribution in [-0.4, -0.2) is 11.0 Å². The van der Waals surface area contributed by atoms with E-state index in [9.17, 15) is 0 Å². The van der Waals surface area contributed by atoms with E-state index < -0.39 is 0 Å². The lowest BCUT2D eigenvalue weighted by molar-refractivity contribution is -0.966. The smallest absolute Gasteiger partial charge is 0.105 e. The van der Waals surface area contributed by atoms with Crippen molar-refractivity contribution >= 4 is 0 Å². The van der Waals surface area contributed by atoms with Gasteiger partial charge in [0.2, 0.25) is 0 Å². The summed E-state index contributed by atoms with van der Waals surface area (Å²) in [7, 11) is 0. The van der Waals surface area contributed by atoms with Crippen LogP contribution in [0, 0.1) is 0 Å². The molecular weight excluding hydrogens is 501 g/mol. The second-order valence-corrected chi connectivity index (χ2v) is 9.12. The van der Waals surface area contributed by atoms with Gasteiger partial charge >= 0.3 is 0 Å². The molecule has 0 atom stereocenters. The van der Waals surface area contributed by atoms with Gasteiger partial charge in [-0.1, -0.05) is 130 Å². The monoisotopic (exact) mass is 541 g/mol. The minimum absolute atomic E-state index is 0. The van der Waals surface area contributed by atoms with Crippen LogP contribution in [0.4, 0.5) is 0 Å². The second kappa shape index (κ2) is 15.2. The van der Waals surface area contributed by atoms with Gasteiger partial charge in [0.05, 0.1) is 6.54 Å². The van der Waals surface area contributed by atoms with Crippen molar-refractivity contribution in [1.82, 2.24) is 0 Å². The van der Waals surface area contributed by atoms with Crippen molar-refractivity contribution in [2.45, 2.75) is 71.5 Å². The minimum atomic E-state index is 0. The number of benzene rings is 3. The summed E-state index contributed by atoms with van der Waals surface area (Å²) >= 11 is 0. The van der Waals surface area contributed by atoms with Crippen LogP contribution >= 0.6 is 0 Å². The maximum atomic E-state index is 2.30. The number of quaternary nitrogens is 1. The van der Waals surface area contributed by atoms with Gasteiger partial charge in [-0.2, -0.15) is 0 Å². The Morgan fingerprint density at radius 1 is 0.469 bits per heavy atom. The largest absolute Gasteiger partial charge is 1.00 e. The standard InChI is InChI=1S/C30H40N.HI/c1-2-3-4-5-6-7-17-24-31(25-28-18-11-8-12-19-28,26-29-20-13-9-14-21-29)27-30-22-15-10-16-23-30;/h8-16,18-23H,2-7,17,24-27H2,1H3;1H/q+1;/p-1. The number of hydrogen-bond donors (Lipinski definition) is 0. The maximum absolute atomic E-state index is 2.30. The van der Waals surface area contributed by atoms with Crippen LogP contribution in [-0.2, 0) is 19.6 Å². The molecule has 0 N–H and O–H groups in total. The van der Waals surface area contributed by atoms with E-state index in [0.717, 1.165) is 24.1 Å². The Kier molecular flexibility index (Phi) is 12.7. The third-order valence-electron chi connectivity index (χ3n) is 6.32. The number of halogens is 1. The fourth-order valence-corrected chi connectivity index (χ4v) is 4.72. The van der Waals surface area contributed by atoms with Crippen molar-refractivity contribution in [3.8, 4) is 0 Å². The van der Waals surface area contributed by atoms with E-state index in [0.29, 0.717) is 0 Å². The number of rotatable bonds is 14. The first-order valence-corrected chi connectivity index (χ1v) is 12.3. The summed E-state index contributed by atoms with van der Waals surface area (Å²) in [6, 6.07) is 33.3. The van der Waals surface area contributed by atoms with Gasteiger partial charge in [0.15, 0.2) is 0 Å². The van der Waals surface area contributed by atoms with Crippen molar-refractivity contribution in [3.63, 3.8) is 0 Å². The Balaban J connectivity index is 0.00000363. The quantitative estimate of drug-likeness (QED) is 0.150. The van der Waals surface area contributed by atoms with Gasteiger partial charge < -0.3 is 28.5 Å². The molecule has 3 aromatic carbocycles. The Labute approximate surface area is 213 Å². The molecule has 0 heterocycles. The molecular formula is C30H40IN. The topological polar surface area (TPSA) is 0 Å². The molecule has 0 aromatic heterocycles. The predicted octanol–water partition coefficient (Wildman–Crippen LogP) is 5.16. The van der Waals surface area contributed by atoms with Crippen LogP contribution in [0.2, 0.25) is 0 Å². The van der Waals surface area contributed by atoms with Gasteiger partial charge in [0, 0.05) is 16.7 Å². The summed E-state index contributed by atoms with van der Waals surface area (Å²) in [4.78, 5) is 0. The zero-order valence-corrected chi connectivity index (χ0v) is 21.9. The lowest BCUT2D eigenvalue weighted by atomic mass is 10.0. The van der Waals surface area contributed by atoms with E-state index in [1.165, 1.54) is 68.2 Å². The molecule has 0 saturated carbocycles. The molecule has 0 bridgehead atoms. The molecule has 0 aliphatic carbocycles. The normalized spacial score (nSPS) is 11.2. The average molecular weight is 542 g/mol. The van der Waals surface area contributed by atoms with Crippen LogP contribution in [0.1, 0.15) is 68.6 Å². The van der Waals surface area contributed by atoms with Crippen LogP contribution in [0.5, 0.6) is 0 Å². The molecule has 0 radical (unpaired) electrons. The highest BCUT2D eigenvalue weighted by Gasteiger charge is 2.28. The van der Waals surface area contributed by atoms with E-state index in [4.69, 9.17) is 0 Å². The van der Waals surface area contributed by atoms with Gasteiger partial charge in [0.25, 0.3) is 0 Å².